The van der Waals surface area contributed by atoms with E-state index < -0.39 is 28.1 Å². The van der Waals surface area contributed by atoms with Gasteiger partial charge in [-0.25, -0.2) is 0 Å². The Bertz CT molecular complexity index is 766. The van der Waals surface area contributed by atoms with Crippen LogP contribution in [0.3, 0.4) is 0 Å². The second kappa shape index (κ2) is 6.11. The number of ether oxygens (including phenoxy) is 1. The van der Waals surface area contributed by atoms with Crippen molar-refractivity contribution in [1.82, 2.24) is 5.16 Å². The second-order valence-electron chi connectivity index (χ2n) is 4.53. The highest BCUT2D eigenvalue weighted by Crippen LogP contribution is 2.38. The molecule has 0 bridgehead atoms. The average Bonchev–Trinajstić information content (AvgIpc) is 2.84. The van der Waals surface area contributed by atoms with E-state index in [2.05, 4.69) is 9.68 Å². The second-order valence-corrected chi connectivity index (χ2v) is 4.53. The van der Waals surface area contributed by atoms with E-state index in [1.165, 1.54) is 38.3 Å². The Balaban J connectivity index is 2.63. The third-order valence-corrected chi connectivity index (χ3v) is 3.00. The fourth-order valence-corrected chi connectivity index (χ4v) is 1.95. The number of benzene rings is 1. The molecule has 6 nitrogen and oxygen atoms in total. The smallest absolute Gasteiger partial charge is 0.417 e. The third-order valence-electron chi connectivity index (χ3n) is 3.00. The Morgan fingerprint density at radius 3 is 2.70 bits per heavy atom. The van der Waals surface area contributed by atoms with Gasteiger partial charge in [-0.2, -0.15) is 13.2 Å². The number of allylic oxidation sites excluding steroid dienone is 1. The van der Waals surface area contributed by atoms with Gasteiger partial charge in [0.15, 0.2) is 5.69 Å². The van der Waals surface area contributed by atoms with Crippen molar-refractivity contribution in [2.24, 2.45) is 0 Å². The maximum Gasteiger partial charge on any atom is 0.417 e. The molecule has 0 atom stereocenters. The number of nitro groups is 1. The van der Waals surface area contributed by atoms with Gasteiger partial charge >= 0.3 is 11.9 Å². The standard InChI is InChI=1S/C14H11F3N2O4/c1-8-13(19(20)21)12(23-18-8)7-11(14(15,16)17)9-4-3-5-10(6-9)22-2/h3-7H,1-2H3. The lowest BCUT2D eigenvalue weighted by Gasteiger charge is -2.12. The Labute approximate surface area is 128 Å². The van der Waals surface area contributed by atoms with Gasteiger partial charge in [0.05, 0.1) is 17.6 Å². The minimum Gasteiger partial charge on any atom is -0.497 e. The lowest BCUT2D eigenvalue weighted by Crippen LogP contribution is -2.10. The van der Waals surface area contributed by atoms with Gasteiger partial charge < -0.3 is 9.26 Å². The number of halogens is 3. The zero-order valence-corrected chi connectivity index (χ0v) is 12.0. The van der Waals surface area contributed by atoms with Crippen molar-refractivity contribution in [2.45, 2.75) is 13.1 Å². The van der Waals surface area contributed by atoms with Gasteiger partial charge in [0.25, 0.3) is 0 Å². The molecule has 0 amide bonds. The number of alkyl halides is 3. The molecular formula is C14H11F3N2O4. The van der Waals surface area contributed by atoms with Gasteiger partial charge in [0.2, 0.25) is 5.76 Å². The molecular weight excluding hydrogens is 317 g/mol. The predicted octanol–water partition coefficient (Wildman–Crippen LogP) is 4.00. The number of hydrogen-bond acceptors (Lipinski definition) is 5. The largest absolute Gasteiger partial charge is 0.497 e. The molecule has 2 aromatic rings. The molecule has 0 aliphatic rings. The van der Waals surface area contributed by atoms with Gasteiger partial charge in [-0.1, -0.05) is 17.3 Å². The van der Waals surface area contributed by atoms with E-state index >= 15 is 0 Å². The van der Waals surface area contributed by atoms with Crippen LogP contribution in [0, 0.1) is 17.0 Å². The van der Waals surface area contributed by atoms with Crippen LogP contribution in [0.15, 0.2) is 28.8 Å². The van der Waals surface area contributed by atoms with Crippen molar-refractivity contribution in [3.8, 4) is 5.75 Å². The van der Waals surface area contributed by atoms with E-state index in [4.69, 9.17) is 4.74 Å². The first-order valence-corrected chi connectivity index (χ1v) is 6.28. The van der Waals surface area contributed by atoms with E-state index in [0.29, 0.717) is 6.08 Å². The first-order valence-electron chi connectivity index (χ1n) is 6.28. The molecule has 0 saturated carbocycles. The number of hydrogen-bond donors (Lipinski definition) is 0. The maximum atomic E-state index is 13.3. The molecule has 0 saturated heterocycles. The molecule has 122 valence electrons. The zero-order valence-electron chi connectivity index (χ0n) is 12.0. The van der Waals surface area contributed by atoms with Crippen LogP contribution in [-0.2, 0) is 0 Å². The molecule has 1 heterocycles. The summed E-state index contributed by atoms with van der Waals surface area (Å²) in [6.45, 7) is 1.28. The highest BCUT2D eigenvalue weighted by Gasteiger charge is 2.36. The van der Waals surface area contributed by atoms with Crippen molar-refractivity contribution in [2.75, 3.05) is 7.11 Å². The SMILES string of the molecule is COc1cccc(C(=Cc2onc(C)c2[N+](=O)[O-])C(F)(F)F)c1. The number of aryl methyl sites for hydroxylation is 1. The van der Waals surface area contributed by atoms with Crippen molar-refractivity contribution in [3.63, 3.8) is 0 Å². The zero-order chi connectivity index (χ0) is 17.2. The van der Waals surface area contributed by atoms with E-state index in [1.54, 1.807) is 0 Å². The van der Waals surface area contributed by atoms with Crippen LogP contribution < -0.4 is 4.74 Å². The molecule has 9 heteroatoms. The topological polar surface area (TPSA) is 78.4 Å². The van der Waals surface area contributed by atoms with Crippen LogP contribution in [0.25, 0.3) is 11.6 Å². The Hall–Kier alpha value is -2.84. The Morgan fingerprint density at radius 1 is 1.43 bits per heavy atom. The Morgan fingerprint density at radius 2 is 2.13 bits per heavy atom. The van der Waals surface area contributed by atoms with E-state index in [1.807, 2.05) is 0 Å². The number of methoxy groups -OCH3 is 1. The van der Waals surface area contributed by atoms with Crippen molar-refractivity contribution in [3.05, 3.63) is 51.4 Å². The summed E-state index contributed by atoms with van der Waals surface area (Å²) in [7, 11) is 1.32. The summed E-state index contributed by atoms with van der Waals surface area (Å²) in [4.78, 5) is 10.1. The van der Waals surface area contributed by atoms with E-state index in [-0.39, 0.29) is 17.0 Å². The van der Waals surface area contributed by atoms with Crippen LogP contribution in [0.1, 0.15) is 17.0 Å². The third kappa shape index (κ3) is 3.50. The molecule has 0 radical (unpaired) electrons. The number of rotatable bonds is 4. The first-order chi connectivity index (χ1) is 10.7. The van der Waals surface area contributed by atoms with Crippen molar-refractivity contribution in [1.29, 1.82) is 0 Å². The van der Waals surface area contributed by atoms with Gasteiger partial charge in [-0.15, -0.1) is 0 Å². The minimum atomic E-state index is -4.75. The first kappa shape index (κ1) is 16.5. The molecule has 1 aromatic carbocycles. The highest BCUT2D eigenvalue weighted by molar-refractivity contribution is 5.85. The van der Waals surface area contributed by atoms with Crippen LogP contribution >= 0.6 is 0 Å². The Kier molecular flexibility index (Phi) is 4.39. The molecule has 1 aromatic heterocycles. The summed E-state index contributed by atoms with van der Waals surface area (Å²) in [6, 6.07) is 5.26. The fraction of sp³-hybridized carbons (Fsp3) is 0.214. The molecule has 0 N–H and O–H groups in total. The quantitative estimate of drug-likeness (QED) is 0.626. The summed E-state index contributed by atoms with van der Waals surface area (Å²) >= 11 is 0. The summed E-state index contributed by atoms with van der Waals surface area (Å²) < 4.78 is 49.5. The number of nitrogens with zero attached hydrogens (tertiary/aromatic N) is 2. The molecule has 0 spiro atoms. The number of aromatic nitrogens is 1. The summed E-state index contributed by atoms with van der Waals surface area (Å²) in [6.07, 6.45) is -4.19. The molecule has 0 aliphatic heterocycles. The van der Waals surface area contributed by atoms with Crippen LogP contribution in [-0.4, -0.2) is 23.4 Å². The lowest BCUT2D eigenvalue weighted by molar-refractivity contribution is -0.386. The van der Waals surface area contributed by atoms with Crippen molar-refractivity contribution < 1.29 is 27.4 Å². The summed E-state index contributed by atoms with van der Waals surface area (Å²) in [5.74, 6) is -0.344. The summed E-state index contributed by atoms with van der Waals surface area (Å²) in [5.41, 5.74) is -2.01. The molecule has 0 fully saturated rings. The highest BCUT2D eigenvalue weighted by atomic mass is 19.4. The van der Waals surface area contributed by atoms with Gasteiger partial charge in [0, 0.05) is 6.08 Å². The van der Waals surface area contributed by atoms with Crippen LogP contribution in [0.2, 0.25) is 0 Å². The minimum absolute atomic E-state index is 0.103. The van der Waals surface area contributed by atoms with Gasteiger partial charge in [-0.05, 0) is 24.6 Å². The van der Waals surface area contributed by atoms with Crippen LogP contribution in [0.4, 0.5) is 18.9 Å². The summed E-state index contributed by atoms with van der Waals surface area (Å²) in [5, 5.41) is 14.3. The maximum absolute atomic E-state index is 13.3. The van der Waals surface area contributed by atoms with Gasteiger partial charge in [-0.3, -0.25) is 10.1 Å². The molecule has 0 aliphatic carbocycles. The average molecular weight is 328 g/mol. The molecule has 23 heavy (non-hydrogen) atoms. The lowest BCUT2D eigenvalue weighted by atomic mass is 10.0. The van der Waals surface area contributed by atoms with Crippen LogP contribution in [0.5, 0.6) is 5.75 Å². The van der Waals surface area contributed by atoms with Crippen molar-refractivity contribution >= 4 is 17.3 Å². The molecule has 2 rings (SSSR count). The van der Waals surface area contributed by atoms with E-state index in [0.717, 1.165) is 0 Å². The predicted molar refractivity (Wildman–Crippen MR) is 74.8 cm³/mol. The monoisotopic (exact) mass is 328 g/mol. The fourth-order valence-electron chi connectivity index (χ4n) is 1.95. The van der Waals surface area contributed by atoms with Gasteiger partial charge in [0.1, 0.15) is 5.75 Å². The molecule has 0 unspecified atom stereocenters. The van der Waals surface area contributed by atoms with E-state index in [9.17, 15) is 23.3 Å². The normalized spacial score (nSPS) is 12.3.